The lowest BCUT2D eigenvalue weighted by molar-refractivity contribution is -0.148. The third-order valence-electron chi connectivity index (χ3n) is 8.45. The van der Waals surface area contributed by atoms with Crippen molar-refractivity contribution in [3.63, 3.8) is 0 Å². The first kappa shape index (κ1) is 80.6. The number of ketones is 2. The summed E-state index contributed by atoms with van der Waals surface area (Å²) in [6.45, 7) is 23.7. The number of halogens is 6. The van der Waals surface area contributed by atoms with E-state index in [9.17, 15) is 63.2 Å². The number of benzene rings is 4. The van der Waals surface area contributed by atoms with Crippen LogP contribution in [0.15, 0.2) is 65.6 Å². The lowest BCUT2D eigenvalue weighted by Crippen LogP contribution is -2.25. The number of aryl methyl sites for hydroxylation is 2. The quantitative estimate of drug-likeness (QED) is 0.0252. The molecule has 0 aromatic heterocycles. The fourth-order valence-corrected chi connectivity index (χ4v) is 6.68. The predicted octanol–water partition coefficient (Wildman–Crippen LogP) is 13.1. The lowest BCUT2D eigenvalue weighted by Gasteiger charge is -2.06. The van der Waals surface area contributed by atoms with Crippen molar-refractivity contribution in [2.45, 2.75) is 135 Å². The number of hydrogen-bond acceptors (Lipinski definition) is 11. The first-order chi connectivity index (χ1) is 34.1. The molecule has 0 aliphatic heterocycles. The van der Waals surface area contributed by atoms with Gasteiger partial charge in [0, 0.05) is 16.1 Å². The summed E-state index contributed by atoms with van der Waals surface area (Å²) >= 11 is 11.6. The number of Topliss-reactive ketones (excluding diaryl/α,β-unsaturated/α-hetero) is 2. The minimum Gasteiger partial charge on any atom is -0.481 e. The highest BCUT2D eigenvalue weighted by molar-refractivity contribution is 7.85. The van der Waals surface area contributed by atoms with Gasteiger partial charge in [-0.2, -0.15) is 16.8 Å². The van der Waals surface area contributed by atoms with Crippen molar-refractivity contribution in [3.05, 3.63) is 133 Å². The zero-order valence-corrected chi connectivity index (χ0v) is 46.5. The van der Waals surface area contributed by atoms with Crippen LogP contribution in [0.25, 0.3) is 0 Å². The highest BCUT2D eigenvalue weighted by Crippen LogP contribution is 2.27. The summed E-state index contributed by atoms with van der Waals surface area (Å²) in [7, 11) is -8.69. The average Bonchev–Trinajstić information content (AvgIpc) is 3.32. The molecule has 0 spiro atoms. The molecule has 17 nitrogen and oxygen atoms in total. The molecule has 0 radical (unpaired) electrons. The fraction of sp³-hybridized carbons (Fsp3) is 0.400. The number of carboxylic acids is 4. The zero-order chi connectivity index (χ0) is 59.6. The smallest absolute Gasteiger partial charge is 0.398 e. The van der Waals surface area contributed by atoms with E-state index in [1.165, 1.54) is 19.9 Å². The third-order valence-corrected chi connectivity index (χ3v) is 10.7. The van der Waals surface area contributed by atoms with Crippen LogP contribution in [0.1, 0.15) is 149 Å². The van der Waals surface area contributed by atoms with Gasteiger partial charge in [0.05, 0.1) is 33.4 Å². The molecule has 0 saturated carbocycles. The van der Waals surface area contributed by atoms with Gasteiger partial charge >= 0.3 is 34.3 Å². The van der Waals surface area contributed by atoms with E-state index < -0.39 is 96.6 Å². The molecule has 75 heavy (non-hydrogen) atoms. The summed E-state index contributed by atoms with van der Waals surface area (Å²) in [5, 5.41) is 34.4. The van der Waals surface area contributed by atoms with Gasteiger partial charge in [0.25, 0.3) is 10.1 Å². The summed E-state index contributed by atoms with van der Waals surface area (Å²) < 4.78 is 113. The summed E-state index contributed by atoms with van der Waals surface area (Å²) in [5.41, 5.74) is 1.73. The number of hydrogen-bond donors (Lipinski definition) is 6. The molecule has 2 unspecified atom stereocenters. The second-order valence-electron chi connectivity index (χ2n) is 13.6. The molecule has 4 aromatic rings. The average molecular weight is 1150 g/mol. The SMILES string of the molecule is C.CC.CC.CC.CC(=O)c1c(C)c(F)c(F)c(F)c1F.CC(=O)c1c(Cl)ccc(Cl)c1C.CCC(CC(=O)O)C(=O)O.CCC(OS(=O)(=O)O)C(=O)O.Cc1ccccc1C(=O)O.Cc1ccccc1S(=O)(=O)O. The lowest BCUT2D eigenvalue weighted by atomic mass is 10.0. The summed E-state index contributed by atoms with van der Waals surface area (Å²) in [4.78, 5) is 62.6. The minimum atomic E-state index is -4.66. The van der Waals surface area contributed by atoms with Gasteiger partial charge in [0.1, 0.15) is 0 Å². The molecule has 0 aliphatic carbocycles. The minimum absolute atomic E-state index is 0. The number of aromatic carboxylic acids is 1. The van der Waals surface area contributed by atoms with Gasteiger partial charge in [-0.05, 0) is 95.3 Å². The Labute approximate surface area is 447 Å². The van der Waals surface area contributed by atoms with Gasteiger partial charge < -0.3 is 20.4 Å². The number of aliphatic carboxylic acids is 3. The Morgan fingerprint density at radius 2 is 0.987 bits per heavy atom. The van der Waals surface area contributed by atoms with Crippen molar-refractivity contribution in [1.29, 1.82) is 0 Å². The molecular formula is C50H70Cl2F4O17S2. The summed E-state index contributed by atoms with van der Waals surface area (Å²) in [6.07, 6.45) is -1.47. The molecule has 0 aliphatic rings. The third kappa shape index (κ3) is 32.3. The molecular weight excluding hydrogens is 1080 g/mol. The highest BCUT2D eigenvalue weighted by Gasteiger charge is 2.25. The van der Waals surface area contributed by atoms with Crippen molar-refractivity contribution >= 4 is 79.2 Å². The van der Waals surface area contributed by atoms with Crippen molar-refractivity contribution in [1.82, 2.24) is 0 Å². The maximum absolute atomic E-state index is 13.0. The van der Waals surface area contributed by atoms with E-state index in [2.05, 4.69) is 4.18 Å². The van der Waals surface area contributed by atoms with Crippen LogP contribution in [0, 0.1) is 56.9 Å². The number of rotatable bonds is 12. The van der Waals surface area contributed by atoms with Crippen LogP contribution < -0.4 is 0 Å². The van der Waals surface area contributed by atoms with Crippen molar-refractivity contribution in [3.8, 4) is 0 Å². The molecule has 6 N–H and O–H groups in total. The standard InChI is InChI=1S/C9H8Cl2O.C9H6F4O.C8H8O2.C7H8O3S.C6H10O4.C4H8O6S.3C2H6.CH4/c1-5-7(10)3-4-8(11)9(5)6(2)12;1-3-5(4(2)14)7(11)9(13)8(12)6(3)10;1-6-4-2-3-5-7(6)8(9)10;1-6-4-2-3-5-7(6)11(8,9)10;1-2-4(6(9)10)3-5(7)8;1-2-3(4(5)6)10-11(7,8)9;3*1-2;/h3-4H,1-2H3;1-2H3;2-5H,1H3,(H,9,10);2-5H,1H3,(H,8,9,10);4H,2-3H2,1H3,(H,7,8)(H,9,10);3H,2H2,1H3,(H,5,6)(H,7,8,9);3*1-2H3;1H4. The number of carbonyl (C=O) groups is 6. The van der Waals surface area contributed by atoms with Crippen LogP contribution in [-0.2, 0) is 39.1 Å². The van der Waals surface area contributed by atoms with Gasteiger partial charge in [-0.15, -0.1) is 0 Å². The first-order valence-corrected chi connectivity index (χ1v) is 25.6. The summed E-state index contributed by atoms with van der Waals surface area (Å²) in [5.74, 6) is -13.1. The number of carbonyl (C=O) groups excluding carboxylic acids is 2. The molecule has 0 fully saturated rings. The molecule has 0 bridgehead atoms. The van der Waals surface area contributed by atoms with Gasteiger partial charge in [0.2, 0.25) is 0 Å². The van der Waals surface area contributed by atoms with Gasteiger partial charge in [0.15, 0.2) is 40.9 Å². The van der Waals surface area contributed by atoms with Crippen LogP contribution in [0.5, 0.6) is 0 Å². The molecule has 0 saturated heterocycles. The van der Waals surface area contributed by atoms with Crippen LogP contribution >= 0.6 is 23.2 Å². The Hall–Kier alpha value is -5.82. The highest BCUT2D eigenvalue weighted by atomic mass is 35.5. The molecule has 25 heteroatoms. The molecule has 426 valence electrons. The Morgan fingerprint density at radius 3 is 1.25 bits per heavy atom. The van der Waals surface area contributed by atoms with E-state index in [1.807, 2.05) is 47.6 Å². The Kier molecular flexibility index (Phi) is 44.5. The Bertz CT molecular complexity index is 2640. The van der Waals surface area contributed by atoms with Gasteiger partial charge in [-0.1, -0.05) is 122 Å². The number of carboxylic acid groups (broad SMARTS) is 4. The van der Waals surface area contributed by atoms with E-state index in [-0.39, 0.29) is 30.9 Å². The molecule has 4 aromatic carbocycles. The maximum atomic E-state index is 13.0. The Balaban J connectivity index is -0.000000187. The molecule has 0 amide bonds. The van der Waals surface area contributed by atoms with E-state index >= 15 is 0 Å². The van der Waals surface area contributed by atoms with Crippen LogP contribution in [0.2, 0.25) is 10.0 Å². The topological polar surface area (TPSA) is 301 Å². The van der Waals surface area contributed by atoms with Gasteiger partial charge in [-0.3, -0.25) is 28.3 Å². The molecule has 2 atom stereocenters. The van der Waals surface area contributed by atoms with Crippen molar-refractivity contribution in [2.75, 3.05) is 0 Å². The molecule has 4 rings (SSSR count). The van der Waals surface area contributed by atoms with Gasteiger partial charge in [-0.25, -0.2) is 31.3 Å². The van der Waals surface area contributed by atoms with E-state index in [4.69, 9.17) is 52.7 Å². The van der Waals surface area contributed by atoms with E-state index in [1.54, 1.807) is 76.2 Å². The first-order valence-electron chi connectivity index (χ1n) is 22.0. The van der Waals surface area contributed by atoms with Crippen LogP contribution in [0.3, 0.4) is 0 Å². The maximum Gasteiger partial charge on any atom is 0.398 e. The fourth-order valence-electron chi connectivity index (χ4n) is 4.95. The van der Waals surface area contributed by atoms with E-state index in [0.717, 1.165) is 25.0 Å². The van der Waals surface area contributed by atoms with Crippen LogP contribution in [0.4, 0.5) is 17.6 Å². The summed E-state index contributed by atoms with van der Waals surface area (Å²) in [6, 6.07) is 16.5. The second-order valence-corrected chi connectivity index (χ2v) is 16.8. The zero-order valence-electron chi connectivity index (χ0n) is 43.3. The predicted molar refractivity (Wildman–Crippen MR) is 280 cm³/mol. The Morgan fingerprint density at radius 1 is 0.573 bits per heavy atom. The van der Waals surface area contributed by atoms with Crippen molar-refractivity contribution < 1.29 is 96.9 Å². The largest absolute Gasteiger partial charge is 0.481 e. The monoisotopic (exact) mass is 1150 g/mol. The normalized spacial score (nSPS) is 10.5. The second kappa shape index (κ2) is 41.4. The van der Waals surface area contributed by atoms with Crippen molar-refractivity contribution in [2.24, 2.45) is 5.92 Å². The van der Waals surface area contributed by atoms with Crippen LogP contribution in [-0.4, -0.2) is 87.9 Å². The van der Waals surface area contributed by atoms with E-state index in [0.29, 0.717) is 33.2 Å². The molecule has 0 heterocycles.